The highest BCUT2D eigenvalue weighted by molar-refractivity contribution is 5.93. The van der Waals surface area contributed by atoms with Crippen LogP contribution in [0, 0.1) is 0 Å². The van der Waals surface area contributed by atoms with Crippen molar-refractivity contribution in [3.8, 4) is 33.4 Å². The molecule has 1 heteroatoms. The van der Waals surface area contributed by atoms with E-state index >= 15 is 0 Å². The first-order valence-electron chi connectivity index (χ1n) is 23.3. The zero-order chi connectivity index (χ0) is 44.0. The highest BCUT2D eigenvalue weighted by Gasteiger charge is 2.58. The number of nitrogens with zero attached hydrogens (tertiary/aromatic N) is 1. The molecule has 0 aliphatic heterocycles. The molecule has 2 unspecified atom stereocenters. The van der Waals surface area contributed by atoms with Crippen molar-refractivity contribution >= 4 is 17.1 Å². The van der Waals surface area contributed by atoms with Gasteiger partial charge in [-0.2, -0.15) is 0 Å². The molecular weight excluding hydrogens is 795 g/mol. The number of hydrogen-bond donors (Lipinski definition) is 0. The number of rotatable bonds is 7. The zero-order valence-electron chi connectivity index (χ0n) is 37.1. The molecule has 3 aliphatic rings. The van der Waals surface area contributed by atoms with Crippen molar-refractivity contribution in [1.82, 2.24) is 0 Å². The highest BCUT2D eigenvalue weighted by Crippen LogP contribution is 2.66. The molecule has 0 fully saturated rings. The summed E-state index contributed by atoms with van der Waals surface area (Å²) in [7, 11) is 0. The summed E-state index contributed by atoms with van der Waals surface area (Å²) in [5, 5.41) is 0. The third-order valence-electron chi connectivity index (χ3n) is 15.2. The maximum atomic E-state index is 2.48. The Morgan fingerprint density at radius 1 is 0.288 bits per heavy atom. The molecule has 3 aliphatic carbocycles. The lowest BCUT2D eigenvalue weighted by Crippen LogP contribution is -2.44. The molecule has 1 nitrogen and oxygen atoms in total. The molecule has 0 bridgehead atoms. The Kier molecular flexibility index (Phi) is 8.45. The van der Waals surface area contributed by atoms with E-state index in [0.717, 1.165) is 17.1 Å². The smallest absolute Gasteiger partial charge is 0.0728 e. The standard InChI is InChI=1S/C65H47N/c1-63(2)54-30-14-12-27-50(54)52-42-39-45(43-60(52)63)44-37-40-49(41-38-44)66(48-25-10-5-11-26-48)61-36-19-18-34-58(61)64(46-21-6-3-7-22-46)56-32-16-17-33-57(56)65(47-23-8-4-9-24-47)55-31-15-13-28-51(55)53-29-20-35-59(64)62(53)65/h3-43H,1-2H3. The van der Waals surface area contributed by atoms with Crippen LogP contribution in [0.3, 0.4) is 0 Å². The maximum Gasteiger partial charge on any atom is 0.0728 e. The normalized spacial score (nSPS) is 17.8. The summed E-state index contributed by atoms with van der Waals surface area (Å²) < 4.78 is 0. The minimum Gasteiger partial charge on any atom is -0.310 e. The van der Waals surface area contributed by atoms with Crippen LogP contribution in [-0.4, -0.2) is 0 Å². The van der Waals surface area contributed by atoms with E-state index in [9.17, 15) is 0 Å². The molecule has 0 N–H and O–H groups in total. The number of fused-ring (bicyclic) bond motifs is 8. The Labute approximate surface area is 388 Å². The van der Waals surface area contributed by atoms with Crippen molar-refractivity contribution in [2.75, 3.05) is 4.90 Å². The molecule has 0 heterocycles. The molecule has 312 valence electrons. The van der Waals surface area contributed by atoms with E-state index in [-0.39, 0.29) is 5.41 Å². The first-order chi connectivity index (χ1) is 32.5. The second-order valence-electron chi connectivity index (χ2n) is 18.7. The van der Waals surface area contributed by atoms with Crippen molar-refractivity contribution in [2.24, 2.45) is 0 Å². The Balaban J connectivity index is 1.05. The van der Waals surface area contributed by atoms with Gasteiger partial charge in [-0.1, -0.05) is 226 Å². The van der Waals surface area contributed by atoms with Crippen molar-refractivity contribution in [3.63, 3.8) is 0 Å². The third kappa shape index (κ3) is 5.17. The first-order valence-corrected chi connectivity index (χ1v) is 23.3. The van der Waals surface area contributed by atoms with Crippen LogP contribution < -0.4 is 4.90 Å². The van der Waals surface area contributed by atoms with Gasteiger partial charge in [0, 0.05) is 16.8 Å². The predicted octanol–water partition coefficient (Wildman–Crippen LogP) is 16.2. The molecule has 0 amide bonds. The van der Waals surface area contributed by atoms with E-state index in [2.05, 4.69) is 267 Å². The van der Waals surface area contributed by atoms with Gasteiger partial charge in [-0.15, -0.1) is 0 Å². The van der Waals surface area contributed by atoms with E-state index < -0.39 is 10.8 Å². The number of anilines is 3. The van der Waals surface area contributed by atoms with Gasteiger partial charge in [0.05, 0.1) is 16.5 Å². The van der Waals surface area contributed by atoms with Crippen molar-refractivity contribution in [2.45, 2.75) is 30.1 Å². The fourth-order valence-electron chi connectivity index (χ4n) is 12.5. The molecule has 66 heavy (non-hydrogen) atoms. The molecular formula is C65H47N. The topological polar surface area (TPSA) is 3.24 Å². The first kappa shape index (κ1) is 38.5. The summed E-state index contributed by atoms with van der Waals surface area (Å²) >= 11 is 0. The van der Waals surface area contributed by atoms with Gasteiger partial charge >= 0.3 is 0 Å². The van der Waals surface area contributed by atoms with Crippen LogP contribution in [0.2, 0.25) is 0 Å². The van der Waals surface area contributed by atoms with Crippen LogP contribution in [0.1, 0.15) is 69.5 Å². The van der Waals surface area contributed by atoms with Gasteiger partial charge in [-0.3, -0.25) is 0 Å². The minimum atomic E-state index is -0.706. The quantitative estimate of drug-likeness (QED) is 0.155. The van der Waals surface area contributed by atoms with Crippen LogP contribution in [-0.2, 0) is 16.2 Å². The monoisotopic (exact) mass is 841 g/mol. The fraction of sp³-hybridized carbons (Fsp3) is 0.0769. The van der Waals surface area contributed by atoms with Gasteiger partial charge in [0.15, 0.2) is 0 Å². The van der Waals surface area contributed by atoms with Gasteiger partial charge in [0.1, 0.15) is 0 Å². The summed E-state index contributed by atoms with van der Waals surface area (Å²) in [6.45, 7) is 4.72. The van der Waals surface area contributed by atoms with Crippen LogP contribution in [0.25, 0.3) is 33.4 Å². The Bertz CT molecular complexity index is 3500. The molecule has 10 aromatic carbocycles. The molecule has 0 aromatic heterocycles. The molecule has 13 rings (SSSR count). The lowest BCUT2D eigenvalue weighted by Gasteiger charge is -2.50. The Hall–Kier alpha value is -8.00. The van der Waals surface area contributed by atoms with Gasteiger partial charge in [0.25, 0.3) is 0 Å². The lowest BCUT2D eigenvalue weighted by atomic mass is 9.51. The number of hydrogen-bond acceptors (Lipinski definition) is 1. The zero-order valence-corrected chi connectivity index (χ0v) is 37.1. The maximum absolute atomic E-state index is 2.48. The molecule has 0 radical (unpaired) electrons. The summed E-state index contributed by atoms with van der Waals surface area (Å²) in [6.07, 6.45) is 0. The SMILES string of the molecule is CC1(C)c2ccccc2-c2ccc(-c3ccc(N(c4ccccc4)c4ccccc4C4(c5ccccc5)c5ccccc5C5(c6ccccc6)c6ccccc6-c6cccc4c65)cc3)cc21. The van der Waals surface area contributed by atoms with E-state index in [1.165, 1.54) is 89.0 Å². The number of para-hydroxylation sites is 2. The second-order valence-corrected chi connectivity index (χ2v) is 18.7. The second kappa shape index (κ2) is 14.5. The summed E-state index contributed by atoms with van der Waals surface area (Å²) in [4.78, 5) is 2.48. The molecule has 10 aromatic rings. The van der Waals surface area contributed by atoms with Gasteiger partial charge < -0.3 is 4.90 Å². The number of benzene rings is 10. The van der Waals surface area contributed by atoms with Crippen LogP contribution >= 0.6 is 0 Å². The fourth-order valence-corrected chi connectivity index (χ4v) is 12.5. The summed E-state index contributed by atoms with van der Waals surface area (Å²) in [5.74, 6) is 0. The third-order valence-corrected chi connectivity index (χ3v) is 15.2. The van der Waals surface area contributed by atoms with Gasteiger partial charge in [-0.25, -0.2) is 0 Å². The van der Waals surface area contributed by atoms with Crippen LogP contribution in [0.15, 0.2) is 249 Å². The van der Waals surface area contributed by atoms with Gasteiger partial charge in [0.2, 0.25) is 0 Å². The minimum absolute atomic E-state index is 0.0649. The Morgan fingerprint density at radius 2 is 0.742 bits per heavy atom. The molecule has 2 atom stereocenters. The van der Waals surface area contributed by atoms with E-state index in [1.807, 2.05) is 0 Å². The summed E-state index contributed by atoms with van der Waals surface area (Å²) in [5.41, 5.74) is 22.9. The van der Waals surface area contributed by atoms with E-state index in [0.29, 0.717) is 0 Å². The highest BCUT2D eigenvalue weighted by atomic mass is 15.1. The van der Waals surface area contributed by atoms with Gasteiger partial charge in [-0.05, 0) is 125 Å². The average Bonchev–Trinajstić information content (AvgIpc) is 3.82. The predicted molar refractivity (Wildman–Crippen MR) is 273 cm³/mol. The summed E-state index contributed by atoms with van der Waals surface area (Å²) in [6, 6.07) is 93.3. The van der Waals surface area contributed by atoms with Crippen LogP contribution in [0.4, 0.5) is 17.1 Å². The molecule has 0 saturated carbocycles. The van der Waals surface area contributed by atoms with Crippen molar-refractivity contribution in [1.29, 1.82) is 0 Å². The van der Waals surface area contributed by atoms with Crippen molar-refractivity contribution < 1.29 is 0 Å². The molecule has 0 spiro atoms. The Morgan fingerprint density at radius 3 is 1.42 bits per heavy atom. The van der Waals surface area contributed by atoms with Crippen molar-refractivity contribution in [3.05, 3.63) is 304 Å². The van der Waals surface area contributed by atoms with E-state index in [4.69, 9.17) is 0 Å². The average molecular weight is 842 g/mol. The molecule has 0 saturated heterocycles. The van der Waals surface area contributed by atoms with Crippen LogP contribution in [0.5, 0.6) is 0 Å². The lowest BCUT2D eigenvalue weighted by molar-refractivity contribution is 0.627. The van der Waals surface area contributed by atoms with E-state index in [1.54, 1.807) is 0 Å². The largest absolute Gasteiger partial charge is 0.310 e.